The second-order valence-corrected chi connectivity index (χ2v) is 5.45. The molecule has 2 aliphatic rings. The van der Waals surface area contributed by atoms with Crippen LogP contribution in [0.5, 0.6) is 0 Å². The van der Waals surface area contributed by atoms with Gasteiger partial charge in [0.25, 0.3) is 0 Å². The van der Waals surface area contributed by atoms with Crippen LogP contribution in [-0.2, 0) is 4.79 Å². The molecule has 2 fully saturated rings. The van der Waals surface area contributed by atoms with Crippen molar-refractivity contribution >= 4 is 5.91 Å². The Balaban J connectivity index is 1.62. The molecule has 0 aromatic heterocycles. The van der Waals surface area contributed by atoms with Crippen LogP contribution in [0.15, 0.2) is 0 Å². The van der Waals surface area contributed by atoms with Gasteiger partial charge in [-0.25, -0.2) is 0 Å². The molecule has 0 aromatic carbocycles. The molecule has 2 saturated carbocycles. The molecule has 0 bridgehead atoms. The smallest absolute Gasteiger partial charge is 0.234 e. The first-order valence-electron chi connectivity index (χ1n) is 6.95. The molecule has 0 aromatic rings. The molecule has 2 unspecified atom stereocenters. The summed E-state index contributed by atoms with van der Waals surface area (Å²) in [5.41, 5.74) is 0. The summed E-state index contributed by atoms with van der Waals surface area (Å²) >= 11 is 0. The quantitative estimate of drug-likeness (QED) is 0.685. The molecule has 17 heavy (non-hydrogen) atoms. The minimum atomic E-state index is -0.225. The Morgan fingerprint density at radius 1 is 1.06 bits per heavy atom. The number of aliphatic hydroxyl groups is 1. The molecule has 2 rings (SSSR count). The largest absolute Gasteiger partial charge is 0.393 e. The van der Waals surface area contributed by atoms with Gasteiger partial charge in [0.15, 0.2) is 0 Å². The number of carbonyl (C=O) groups is 1. The van der Waals surface area contributed by atoms with E-state index >= 15 is 0 Å². The van der Waals surface area contributed by atoms with Gasteiger partial charge in [-0.2, -0.15) is 0 Å². The van der Waals surface area contributed by atoms with E-state index in [-0.39, 0.29) is 18.1 Å². The van der Waals surface area contributed by atoms with Gasteiger partial charge in [0.1, 0.15) is 0 Å². The highest BCUT2D eigenvalue weighted by atomic mass is 16.3. The highest BCUT2D eigenvalue weighted by molar-refractivity contribution is 5.78. The predicted octanol–water partition coefficient (Wildman–Crippen LogP) is 0.938. The number of aliphatic hydroxyl groups excluding tert-OH is 1. The fraction of sp³-hybridized carbons (Fsp3) is 0.923. The van der Waals surface area contributed by atoms with E-state index in [1.807, 2.05) is 0 Å². The zero-order valence-electron chi connectivity index (χ0n) is 10.5. The van der Waals surface area contributed by atoms with Crippen molar-refractivity contribution in [1.29, 1.82) is 0 Å². The van der Waals surface area contributed by atoms with Crippen LogP contribution in [0.2, 0.25) is 0 Å². The summed E-state index contributed by atoms with van der Waals surface area (Å²) in [4.78, 5) is 11.7. The van der Waals surface area contributed by atoms with E-state index in [1.54, 1.807) is 0 Å². The van der Waals surface area contributed by atoms with Crippen molar-refractivity contribution in [3.8, 4) is 0 Å². The Hall–Kier alpha value is -0.610. The van der Waals surface area contributed by atoms with Gasteiger partial charge >= 0.3 is 0 Å². The molecular formula is C13H24N2O2. The lowest BCUT2D eigenvalue weighted by Crippen LogP contribution is -2.45. The van der Waals surface area contributed by atoms with E-state index in [4.69, 9.17) is 0 Å². The van der Waals surface area contributed by atoms with Gasteiger partial charge in [0.2, 0.25) is 5.91 Å². The number of hydrogen-bond acceptors (Lipinski definition) is 3. The van der Waals surface area contributed by atoms with Crippen LogP contribution in [0.4, 0.5) is 0 Å². The molecule has 2 aliphatic carbocycles. The molecule has 1 amide bonds. The highest BCUT2D eigenvalue weighted by Gasteiger charge is 2.22. The first kappa shape index (κ1) is 12.8. The van der Waals surface area contributed by atoms with E-state index in [1.165, 1.54) is 25.7 Å². The van der Waals surface area contributed by atoms with Crippen LogP contribution >= 0.6 is 0 Å². The third-order valence-corrected chi connectivity index (χ3v) is 3.92. The van der Waals surface area contributed by atoms with Gasteiger partial charge < -0.3 is 15.7 Å². The van der Waals surface area contributed by atoms with Gasteiger partial charge in [-0.15, -0.1) is 0 Å². The third-order valence-electron chi connectivity index (χ3n) is 3.92. The zero-order chi connectivity index (χ0) is 12.1. The number of amides is 1. The van der Waals surface area contributed by atoms with Gasteiger partial charge in [-0.1, -0.05) is 12.8 Å². The third kappa shape index (κ3) is 4.28. The average molecular weight is 240 g/mol. The fourth-order valence-electron chi connectivity index (χ4n) is 2.94. The molecular weight excluding hydrogens is 216 g/mol. The average Bonchev–Trinajstić information content (AvgIpc) is 2.79. The molecule has 98 valence electrons. The molecule has 0 spiro atoms. The fourth-order valence-corrected chi connectivity index (χ4v) is 2.94. The van der Waals surface area contributed by atoms with E-state index in [0.29, 0.717) is 12.6 Å². The molecule has 2 atom stereocenters. The maximum Gasteiger partial charge on any atom is 0.234 e. The number of nitrogens with one attached hydrogen (secondary N) is 2. The van der Waals surface area contributed by atoms with Crippen molar-refractivity contribution in [3.05, 3.63) is 0 Å². The van der Waals surface area contributed by atoms with Gasteiger partial charge in [0, 0.05) is 12.1 Å². The Kier molecular flexibility index (Phi) is 4.80. The molecule has 3 N–H and O–H groups in total. The standard InChI is InChI=1S/C13H24N2O2/c16-12-7-3-6-11(8-12)15-13(17)9-14-10-4-1-2-5-10/h10-12,14,16H,1-9H2,(H,15,17). The van der Waals surface area contributed by atoms with Crippen molar-refractivity contribution in [2.45, 2.75) is 69.6 Å². The number of rotatable bonds is 4. The van der Waals surface area contributed by atoms with E-state index in [2.05, 4.69) is 10.6 Å². The summed E-state index contributed by atoms with van der Waals surface area (Å²) in [7, 11) is 0. The molecule has 0 saturated heterocycles. The van der Waals surface area contributed by atoms with Gasteiger partial charge in [-0.05, 0) is 38.5 Å². The number of carbonyl (C=O) groups excluding carboxylic acids is 1. The minimum Gasteiger partial charge on any atom is -0.393 e. The predicted molar refractivity (Wildman–Crippen MR) is 66.7 cm³/mol. The zero-order valence-corrected chi connectivity index (χ0v) is 10.5. The summed E-state index contributed by atoms with van der Waals surface area (Å²) in [6.45, 7) is 0.428. The van der Waals surface area contributed by atoms with Crippen molar-refractivity contribution in [1.82, 2.24) is 10.6 Å². The summed E-state index contributed by atoms with van der Waals surface area (Å²) in [6.07, 6.45) is 8.38. The van der Waals surface area contributed by atoms with Crippen LogP contribution < -0.4 is 10.6 Å². The maximum absolute atomic E-state index is 11.7. The monoisotopic (exact) mass is 240 g/mol. The van der Waals surface area contributed by atoms with Crippen molar-refractivity contribution < 1.29 is 9.90 Å². The van der Waals surface area contributed by atoms with Crippen molar-refractivity contribution in [2.75, 3.05) is 6.54 Å². The van der Waals surface area contributed by atoms with Gasteiger partial charge in [-0.3, -0.25) is 4.79 Å². The Morgan fingerprint density at radius 2 is 1.76 bits per heavy atom. The lowest BCUT2D eigenvalue weighted by Gasteiger charge is -2.26. The van der Waals surface area contributed by atoms with Crippen LogP contribution in [0.3, 0.4) is 0 Å². The highest BCUT2D eigenvalue weighted by Crippen LogP contribution is 2.18. The Morgan fingerprint density at radius 3 is 2.47 bits per heavy atom. The molecule has 4 heteroatoms. The summed E-state index contributed by atoms with van der Waals surface area (Å²) in [6, 6.07) is 0.717. The summed E-state index contributed by atoms with van der Waals surface area (Å²) in [5, 5.41) is 15.8. The second-order valence-electron chi connectivity index (χ2n) is 5.45. The molecule has 0 heterocycles. The molecule has 0 aliphatic heterocycles. The first-order valence-corrected chi connectivity index (χ1v) is 6.95. The van der Waals surface area contributed by atoms with Gasteiger partial charge in [0.05, 0.1) is 12.6 Å². The summed E-state index contributed by atoms with van der Waals surface area (Å²) in [5.74, 6) is 0.0796. The topological polar surface area (TPSA) is 61.4 Å². The lowest BCUT2D eigenvalue weighted by molar-refractivity contribution is -0.121. The SMILES string of the molecule is O=C(CNC1CCCC1)NC1CCCC(O)C1. The van der Waals surface area contributed by atoms with E-state index in [9.17, 15) is 9.90 Å². The second kappa shape index (κ2) is 6.36. The summed E-state index contributed by atoms with van der Waals surface area (Å²) < 4.78 is 0. The first-order chi connectivity index (χ1) is 8.24. The Bertz CT molecular complexity index is 252. The molecule has 4 nitrogen and oxygen atoms in total. The van der Waals surface area contributed by atoms with E-state index in [0.717, 1.165) is 25.7 Å². The minimum absolute atomic E-state index is 0.0796. The van der Waals surface area contributed by atoms with Crippen molar-refractivity contribution in [2.24, 2.45) is 0 Å². The van der Waals surface area contributed by atoms with Crippen LogP contribution in [0.1, 0.15) is 51.4 Å². The van der Waals surface area contributed by atoms with Crippen LogP contribution in [0, 0.1) is 0 Å². The number of hydrogen-bond donors (Lipinski definition) is 3. The Labute approximate surface area is 103 Å². The van der Waals surface area contributed by atoms with Crippen molar-refractivity contribution in [3.63, 3.8) is 0 Å². The van der Waals surface area contributed by atoms with E-state index < -0.39 is 0 Å². The lowest BCUT2D eigenvalue weighted by atomic mass is 9.93. The van der Waals surface area contributed by atoms with Crippen LogP contribution in [0.25, 0.3) is 0 Å². The maximum atomic E-state index is 11.7. The molecule has 0 radical (unpaired) electrons. The normalized spacial score (nSPS) is 30.4. The van der Waals surface area contributed by atoms with Crippen LogP contribution in [-0.4, -0.2) is 35.7 Å².